The molecule has 23 heavy (non-hydrogen) atoms. The lowest BCUT2D eigenvalue weighted by molar-refractivity contribution is 0.0985. The molecule has 1 aliphatic rings. The summed E-state index contributed by atoms with van der Waals surface area (Å²) < 4.78 is 5.28. The molecule has 120 valence electrons. The first-order valence-corrected chi connectivity index (χ1v) is 9.06. The number of fused-ring (bicyclic) bond motifs is 1. The van der Waals surface area contributed by atoms with Crippen molar-refractivity contribution in [3.05, 3.63) is 52.5 Å². The van der Waals surface area contributed by atoms with E-state index < -0.39 is 0 Å². The van der Waals surface area contributed by atoms with E-state index in [1.54, 1.807) is 24.9 Å². The first kappa shape index (κ1) is 16.2. The second-order valence-corrected chi connectivity index (χ2v) is 6.69. The smallest absolute Gasteiger partial charge is 0.259 e. The maximum atomic E-state index is 13.0. The van der Waals surface area contributed by atoms with Crippen LogP contribution in [0.2, 0.25) is 5.02 Å². The molecule has 3 nitrogen and oxygen atoms in total. The van der Waals surface area contributed by atoms with Crippen LogP contribution in [0.4, 0.5) is 5.69 Å². The Hall–Kier alpha value is -1.65. The summed E-state index contributed by atoms with van der Waals surface area (Å²) in [5, 5.41) is 0.494. The van der Waals surface area contributed by atoms with Gasteiger partial charge in [-0.25, -0.2) is 0 Å². The molecule has 0 saturated carbocycles. The maximum absolute atomic E-state index is 13.0. The Morgan fingerprint density at radius 2 is 2.09 bits per heavy atom. The van der Waals surface area contributed by atoms with Crippen LogP contribution in [-0.4, -0.2) is 25.8 Å². The Morgan fingerprint density at radius 1 is 1.26 bits per heavy atom. The number of halogens is 1. The predicted octanol–water partition coefficient (Wildman–Crippen LogP) is 4.66. The van der Waals surface area contributed by atoms with Gasteiger partial charge in [0.2, 0.25) is 0 Å². The lowest BCUT2D eigenvalue weighted by Gasteiger charge is -2.30. The minimum atomic E-state index is -0.0444. The average molecular weight is 348 g/mol. The number of thioether (sulfide) groups is 1. The van der Waals surface area contributed by atoms with Crippen LogP contribution >= 0.6 is 23.4 Å². The molecule has 0 radical (unpaired) electrons. The Bertz CT molecular complexity index is 748. The maximum Gasteiger partial charge on any atom is 0.259 e. The van der Waals surface area contributed by atoms with Gasteiger partial charge in [0, 0.05) is 17.1 Å². The van der Waals surface area contributed by atoms with Crippen molar-refractivity contribution < 1.29 is 9.53 Å². The molecule has 0 saturated heterocycles. The molecule has 1 heterocycles. The highest BCUT2D eigenvalue weighted by atomic mass is 35.5. The first-order valence-electron chi connectivity index (χ1n) is 7.46. The third-order valence-corrected chi connectivity index (χ3v) is 5.11. The van der Waals surface area contributed by atoms with Crippen molar-refractivity contribution in [1.82, 2.24) is 0 Å². The van der Waals surface area contributed by atoms with Gasteiger partial charge in [-0.2, -0.15) is 0 Å². The molecule has 0 spiro atoms. The number of aryl methyl sites for hydroxylation is 1. The van der Waals surface area contributed by atoms with Gasteiger partial charge >= 0.3 is 0 Å². The summed E-state index contributed by atoms with van der Waals surface area (Å²) in [5.74, 6) is 0.775. The number of hydrogen-bond acceptors (Lipinski definition) is 3. The van der Waals surface area contributed by atoms with Gasteiger partial charge in [0.1, 0.15) is 5.75 Å². The summed E-state index contributed by atoms with van der Waals surface area (Å²) in [7, 11) is 1.65. The minimum Gasteiger partial charge on any atom is -0.497 e. The number of rotatable bonds is 3. The fourth-order valence-electron chi connectivity index (χ4n) is 2.85. The van der Waals surface area contributed by atoms with Crippen molar-refractivity contribution in [3.8, 4) is 5.75 Å². The molecule has 3 rings (SSSR count). The number of nitrogens with zero attached hydrogens (tertiary/aromatic N) is 1. The van der Waals surface area contributed by atoms with Gasteiger partial charge in [0.15, 0.2) is 0 Å². The standard InChI is InChI=1S/C18H18ClNO2S/c1-22-13-5-8-17-12(10-13)4-3-9-20(17)18(21)15-11-14(23-2)6-7-16(15)19/h5-8,10-11H,3-4,9H2,1-2H3. The number of benzene rings is 2. The van der Waals surface area contributed by atoms with E-state index in [1.807, 2.05) is 41.5 Å². The number of amides is 1. The fourth-order valence-corrected chi connectivity index (χ4v) is 3.49. The summed E-state index contributed by atoms with van der Waals surface area (Å²) in [6.07, 6.45) is 3.88. The molecule has 2 aromatic carbocycles. The third-order valence-electron chi connectivity index (χ3n) is 4.05. The zero-order valence-corrected chi connectivity index (χ0v) is 14.7. The molecule has 2 aromatic rings. The van der Waals surface area contributed by atoms with Crippen LogP contribution in [0, 0.1) is 0 Å². The summed E-state index contributed by atoms with van der Waals surface area (Å²) >= 11 is 7.87. The quantitative estimate of drug-likeness (QED) is 0.756. The van der Waals surface area contributed by atoms with Crippen molar-refractivity contribution in [2.45, 2.75) is 17.7 Å². The van der Waals surface area contributed by atoms with Crippen LogP contribution in [-0.2, 0) is 6.42 Å². The topological polar surface area (TPSA) is 29.5 Å². The van der Waals surface area contributed by atoms with Gasteiger partial charge in [-0.05, 0) is 61.1 Å². The number of carbonyl (C=O) groups excluding carboxylic acids is 1. The third kappa shape index (κ3) is 3.19. The largest absolute Gasteiger partial charge is 0.497 e. The molecule has 0 fully saturated rings. The van der Waals surface area contributed by atoms with E-state index >= 15 is 0 Å². The van der Waals surface area contributed by atoms with Gasteiger partial charge in [0.25, 0.3) is 5.91 Å². The van der Waals surface area contributed by atoms with E-state index in [0.717, 1.165) is 34.7 Å². The van der Waals surface area contributed by atoms with Crippen LogP contribution in [0.5, 0.6) is 5.75 Å². The fraction of sp³-hybridized carbons (Fsp3) is 0.278. The SMILES string of the molecule is COc1ccc2c(c1)CCCN2C(=O)c1cc(SC)ccc1Cl. The Morgan fingerprint density at radius 3 is 2.83 bits per heavy atom. The van der Waals surface area contributed by atoms with Crippen molar-refractivity contribution >= 4 is 35.0 Å². The number of ether oxygens (including phenoxy) is 1. The van der Waals surface area contributed by atoms with Crippen molar-refractivity contribution in [2.75, 3.05) is 24.8 Å². The van der Waals surface area contributed by atoms with E-state index in [1.165, 1.54) is 0 Å². The highest BCUT2D eigenvalue weighted by Crippen LogP contribution is 2.33. The molecule has 1 amide bonds. The second kappa shape index (κ2) is 6.85. The molecule has 0 aromatic heterocycles. The highest BCUT2D eigenvalue weighted by Gasteiger charge is 2.25. The minimum absolute atomic E-state index is 0.0444. The van der Waals surface area contributed by atoms with E-state index in [2.05, 4.69) is 0 Å². The molecule has 0 aliphatic carbocycles. The lowest BCUT2D eigenvalue weighted by atomic mass is 10.0. The van der Waals surface area contributed by atoms with Crippen LogP contribution in [0.25, 0.3) is 0 Å². The summed E-state index contributed by atoms with van der Waals surface area (Å²) in [6.45, 7) is 0.706. The van der Waals surface area contributed by atoms with E-state index in [4.69, 9.17) is 16.3 Å². The molecule has 0 unspecified atom stereocenters. The van der Waals surface area contributed by atoms with Crippen LogP contribution < -0.4 is 9.64 Å². The first-order chi connectivity index (χ1) is 11.1. The Balaban J connectivity index is 1.99. The van der Waals surface area contributed by atoms with E-state index in [9.17, 15) is 4.79 Å². The van der Waals surface area contributed by atoms with Gasteiger partial charge in [-0.3, -0.25) is 4.79 Å². The molecular weight excluding hydrogens is 330 g/mol. The molecular formula is C18H18ClNO2S. The summed E-state index contributed by atoms with van der Waals surface area (Å²) in [6, 6.07) is 11.4. The monoisotopic (exact) mass is 347 g/mol. The van der Waals surface area contributed by atoms with Gasteiger partial charge in [-0.1, -0.05) is 11.6 Å². The molecule has 0 atom stereocenters. The predicted molar refractivity (Wildman–Crippen MR) is 96.2 cm³/mol. The molecule has 0 N–H and O–H groups in total. The lowest BCUT2D eigenvalue weighted by Crippen LogP contribution is -2.35. The van der Waals surface area contributed by atoms with Crippen LogP contribution in [0.1, 0.15) is 22.3 Å². The normalized spacial score (nSPS) is 13.6. The van der Waals surface area contributed by atoms with Gasteiger partial charge in [0.05, 0.1) is 17.7 Å². The van der Waals surface area contributed by atoms with E-state index in [-0.39, 0.29) is 5.91 Å². The number of methoxy groups -OCH3 is 1. The Labute approximate surface area is 145 Å². The summed E-state index contributed by atoms with van der Waals surface area (Å²) in [5.41, 5.74) is 2.65. The van der Waals surface area contributed by atoms with Crippen LogP contribution in [0.15, 0.2) is 41.3 Å². The molecule has 5 heteroatoms. The highest BCUT2D eigenvalue weighted by molar-refractivity contribution is 7.98. The molecule has 1 aliphatic heterocycles. The Kier molecular flexibility index (Phi) is 4.83. The summed E-state index contributed by atoms with van der Waals surface area (Å²) in [4.78, 5) is 15.9. The number of anilines is 1. The second-order valence-electron chi connectivity index (χ2n) is 5.40. The van der Waals surface area contributed by atoms with Gasteiger partial charge < -0.3 is 9.64 Å². The average Bonchev–Trinajstić information content (AvgIpc) is 2.60. The number of hydrogen-bond donors (Lipinski definition) is 0. The van der Waals surface area contributed by atoms with Crippen LogP contribution in [0.3, 0.4) is 0 Å². The zero-order chi connectivity index (χ0) is 16.4. The van der Waals surface area contributed by atoms with E-state index in [0.29, 0.717) is 17.1 Å². The van der Waals surface area contributed by atoms with Crippen molar-refractivity contribution in [3.63, 3.8) is 0 Å². The molecule has 0 bridgehead atoms. The number of carbonyl (C=O) groups is 1. The van der Waals surface area contributed by atoms with Crippen molar-refractivity contribution in [2.24, 2.45) is 0 Å². The zero-order valence-electron chi connectivity index (χ0n) is 13.1. The van der Waals surface area contributed by atoms with Crippen molar-refractivity contribution in [1.29, 1.82) is 0 Å². The van der Waals surface area contributed by atoms with Gasteiger partial charge in [-0.15, -0.1) is 11.8 Å².